The van der Waals surface area contributed by atoms with Crippen LogP contribution in [0.5, 0.6) is 0 Å². The van der Waals surface area contributed by atoms with Crippen molar-refractivity contribution < 1.29 is 0 Å². The van der Waals surface area contributed by atoms with Crippen LogP contribution in [0.15, 0.2) is 10.7 Å². The van der Waals surface area contributed by atoms with E-state index in [9.17, 15) is 0 Å². The van der Waals surface area contributed by atoms with Gasteiger partial charge in [-0.15, -0.1) is 0 Å². The second-order valence-corrected chi connectivity index (χ2v) is 5.01. The van der Waals surface area contributed by atoms with Gasteiger partial charge in [-0.25, -0.2) is 9.97 Å². The molecule has 0 aliphatic heterocycles. The number of hydrogen-bond acceptors (Lipinski definition) is 3. The molecule has 4 heteroatoms. The summed E-state index contributed by atoms with van der Waals surface area (Å²) in [6, 6.07) is 0. The third kappa shape index (κ3) is 1.90. The first-order valence-electron chi connectivity index (χ1n) is 4.86. The zero-order chi connectivity index (χ0) is 10.2. The first-order chi connectivity index (χ1) is 6.59. The Morgan fingerprint density at radius 2 is 2.21 bits per heavy atom. The maximum Gasteiger partial charge on any atom is 0.144 e. The van der Waals surface area contributed by atoms with Gasteiger partial charge in [0.15, 0.2) is 0 Å². The van der Waals surface area contributed by atoms with Gasteiger partial charge in [-0.3, -0.25) is 0 Å². The standard InChI is InChI=1S/C10H14BrN3/c1-7-12-6-8(11)9(13-7)14-10(2)4-3-5-10/h6H,3-5H2,1-2H3,(H,12,13,14). The molecule has 76 valence electrons. The lowest BCUT2D eigenvalue weighted by molar-refractivity contribution is 0.305. The maximum atomic E-state index is 4.37. The van der Waals surface area contributed by atoms with Crippen LogP contribution < -0.4 is 5.32 Å². The summed E-state index contributed by atoms with van der Waals surface area (Å²) in [5, 5.41) is 3.47. The zero-order valence-corrected chi connectivity index (χ0v) is 10.1. The van der Waals surface area contributed by atoms with Gasteiger partial charge in [0.25, 0.3) is 0 Å². The predicted molar refractivity (Wildman–Crippen MR) is 60.3 cm³/mol. The summed E-state index contributed by atoms with van der Waals surface area (Å²) in [4.78, 5) is 8.49. The Labute approximate surface area is 92.5 Å². The van der Waals surface area contributed by atoms with Crippen LogP contribution in [0.25, 0.3) is 0 Å². The van der Waals surface area contributed by atoms with Crippen molar-refractivity contribution in [3.63, 3.8) is 0 Å². The van der Waals surface area contributed by atoms with E-state index >= 15 is 0 Å². The highest BCUT2D eigenvalue weighted by Crippen LogP contribution is 2.35. The molecule has 1 saturated carbocycles. The van der Waals surface area contributed by atoms with E-state index in [1.165, 1.54) is 19.3 Å². The summed E-state index contributed by atoms with van der Waals surface area (Å²) in [6.07, 6.45) is 5.56. The predicted octanol–water partition coefficient (Wildman–Crippen LogP) is 2.90. The Bertz CT molecular complexity index is 347. The van der Waals surface area contributed by atoms with Gasteiger partial charge in [0.1, 0.15) is 11.6 Å². The summed E-state index contributed by atoms with van der Waals surface area (Å²) >= 11 is 3.45. The van der Waals surface area contributed by atoms with E-state index in [4.69, 9.17) is 0 Å². The molecule has 1 aromatic heterocycles. The van der Waals surface area contributed by atoms with Gasteiger partial charge < -0.3 is 5.32 Å². The Morgan fingerprint density at radius 1 is 1.50 bits per heavy atom. The van der Waals surface area contributed by atoms with Gasteiger partial charge in [-0.1, -0.05) is 0 Å². The van der Waals surface area contributed by atoms with Crippen LogP contribution in [0, 0.1) is 6.92 Å². The van der Waals surface area contributed by atoms with E-state index in [1.807, 2.05) is 6.92 Å². The van der Waals surface area contributed by atoms with E-state index in [0.717, 1.165) is 16.1 Å². The molecule has 2 rings (SSSR count). The average molecular weight is 256 g/mol. The third-order valence-electron chi connectivity index (χ3n) is 2.74. The molecule has 3 nitrogen and oxygen atoms in total. The van der Waals surface area contributed by atoms with Crippen LogP contribution in [-0.4, -0.2) is 15.5 Å². The summed E-state index contributed by atoms with van der Waals surface area (Å²) in [5.74, 6) is 1.72. The molecule has 1 N–H and O–H groups in total. The highest BCUT2D eigenvalue weighted by atomic mass is 79.9. The molecule has 0 bridgehead atoms. The topological polar surface area (TPSA) is 37.8 Å². The number of halogens is 1. The van der Waals surface area contributed by atoms with Crippen molar-refractivity contribution in [2.24, 2.45) is 0 Å². The lowest BCUT2D eigenvalue weighted by atomic mass is 9.78. The van der Waals surface area contributed by atoms with Gasteiger partial charge >= 0.3 is 0 Å². The maximum absolute atomic E-state index is 4.37. The molecule has 1 heterocycles. The molecule has 1 aromatic rings. The average Bonchev–Trinajstić information content (AvgIpc) is 2.09. The zero-order valence-electron chi connectivity index (χ0n) is 8.47. The van der Waals surface area contributed by atoms with Crippen molar-refractivity contribution in [3.8, 4) is 0 Å². The van der Waals surface area contributed by atoms with Crippen LogP contribution in [0.1, 0.15) is 32.0 Å². The Morgan fingerprint density at radius 3 is 2.79 bits per heavy atom. The molecule has 1 aliphatic rings. The van der Waals surface area contributed by atoms with Gasteiger partial charge in [0.05, 0.1) is 4.47 Å². The molecule has 0 saturated heterocycles. The number of rotatable bonds is 2. The van der Waals surface area contributed by atoms with E-state index in [-0.39, 0.29) is 5.54 Å². The second-order valence-electron chi connectivity index (χ2n) is 4.15. The van der Waals surface area contributed by atoms with Gasteiger partial charge in [0.2, 0.25) is 0 Å². The summed E-state index contributed by atoms with van der Waals surface area (Å²) < 4.78 is 0.941. The molecule has 1 aliphatic carbocycles. The molecule has 0 unspecified atom stereocenters. The lowest BCUT2D eigenvalue weighted by Gasteiger charge is -2.39. The van der Waals surface area contributed by atoms with E-state index < -0.39 is 0 Å². The molecule has 0 aromatic carbocycles. The monoisotopic (exact) mass is 255 g/mol. The fourth-order valence-corrected chi connectivity index (χ4v) is 1.95. The van der Waals surface area contributed by atoms with Crippen LogP contribution >= 0.6 is 15.9 Å². The lowest BCUT2D eigenvalue weighted by Crippen LogP contribution is -2.42. The van der Waals surface area contributed by atoms with Crippen molar-refractivity contribution in [1.29, 1.82) is 0 Å². The fraction of sp³-hybridized carbons (Fsp3) is 0.600. The number of aromatic nitrogens is 2. The highest BCUT2D eigenvalue weighted by Gasteiger charge is 2.32. The van der Waals surface area contributed by atoms with Crippen LogP contribution in [0.2, 0.25) is 0 Å². The molecule has 0 radical (unpaired) electrons. The number of aryl methyl sites for hydroxylation is 1. The summed E-state index contributed by atoms with van der Waals surface area (Å²) in [5.41, 5.74) is 0.239. The molecular weight excluding hydrogens is 242 g/mol. The van der Waals surface area contributed by atoms with Crippen molar-refractivity contribution in [2.75, 3.05) is 5.32 Å². The van der Waals surface area contributed by atoms with Crippen molar-refractivity contribution >= 4 is 21.7 Å². The summed E-state index contributed by atoms with van der Waals surface area (Å²) in [7, 11) is 0. The molecular formula is C10H14BrN3. The fourth-order valence-electron chi connectivity index (χ4n) is 1.66. The van der Waals surface area contributed by atoms with Crippen molar-refractivity contribution in [1.82, 2.24) is 9.97 Å². The van der Waals surface area contributed by atoms with Crippen molar-refractivity contribution in [3.05, 3.63) is 16.5 Å². The first-order valence-corrected chi connectivity index (χ1v) is 5.66. The van der Waals surface area contributed by atoms with Crippen LogP contribution in [0.3, 0.4) is 0 Å². The van der Waals surface area contributed by atoms with E-state index in [2.05, 4.69) is 38.1 Å². The van der Waals surface area contributed by atoms with Crippen LogP contribution in [-0.2, 0) is 0 Å². The molecule has 0 atom stereocenters. The molecule has 0 amide bonds. The van der Waals surface area contributed by atoms with Gasteiger partial charge in [-0.05, 0) is 49.0 Å². The minimum atomic E-state index is 0.239. The van der Waals surface area contributed by atoms with E-state index in [0.29, 0.717) is 0 Å². The largest absolute Gasteiger partial charge is 0.364 e. The normalized spacial score (nSPS) is 18.8. The number of nitrogens with zero attached hydrogens (tertiary/aromatic N) is 2. The van der Waals surface area contributed by atoms with Gasteiger partial charge in [0, 0.05) is 11.7 Å². The second kappa shape index (κ2) is 3.50. The van der Waals surface area contributed by atoms with Crippen LogP contribution in [0.4, 0.5) is 5.82 Å². The third-order valence-corrected chi connectivity index (χ3v) is 3.32. The minimum Gasteiger partial charge on any atom is -0.364 e. The Balaban J connectivity index is 2.19. The Hall–Kier alpha value is -0.640. The quantitative estimate of drug-likeness (QED) is 0.884. The minimum absolute atomic E-state index is 0.239. The number of hydrogen-bond donors (Lipinski definition) is 1. The highest BCUT2D eigenvalue weighted by molar-refractivity contribution is 9.10. The van der Waals surface area contributed by atoms with Crippen molar-refractivity contribution in [2.45, 2.75) is 38.6 Å². The van der Waals surface area contributed by atoms with E-state index in [1.54, 1.807) is 6.20 Å². The van der Waals surface area contributed by atoms with Gasteiger partial charge in [-0.2, -0.15) is 0 Å². The first kappa shape index (κ1) is 9.90. The number of anilines is 1. The SMILES string of the molecule is Cc1ncc(Br)c(NC2(C)CCC2)n1. The molecule has 0 spiro atoms. The molecule has 14 heavy (non-hydrogen) atoms. The molecule has 1 fully saturated rings. The number of nitrogens with one attached hydrogen (secondary N) is 1. The smallest absolute Gasteiger partial charge is 0.144 e. The summed E-state index contributed by atoms with van der Waals surface area (Å²) in [6.45, 7) is 4.14. The Kier molecular flexibility index (Phi) is 2.47.